The van der Waals surface area contributed by atoms with Crippen molar-refractivity contribution in [3.63, 3.8) is 0 Å². The molecule has 0 saturated carbocycles. The molecule has 2 nitrogen and oxygen atoms in total. The predicted octanol–water partition coefficient (Wildman–Crippen LogP) is 3.30. The number of fused-ring (bicyclic) bond motifs is 1. The van der Waals surface area contributed by atoms with Gasteiger partial charge >= 0.3 is 0 Å². The molecule has 0 bridgehead atoms. The fraction of sp³-hybridized carbons (Fsp3) is 0.286. The minimum atomic E-state index is 0.532. The van der Waals surface area contributed by atoms with Crippen LogP contribution in [0.2, 0.25) is 0 Å². The minimum Gasteiger partial charge on any atom is -0.467 e. The fourth-order valence-corrected chi connectivity index (χ4v) is 2.73. The Kier molecular flexibility index (Phi) is 3.04. The van der Waals surface area contributed by atoms with Gasteiger partial charge in [0.15, 0.2) is 0 Å². The molecule has 1 aliphatic rings. The van der Waals surface area contributed by atoms with Gasteiger partial charge in [0.05, 0.1) is 17.3 Å². The van der Waals surface area contributed by atoms with Crippen molar-refractivity contribution in [1.82, 2.24) is 5.32 Å². The van der Waals surface area contributed by atoms with Crippen LogP contribution in [-0.4, -0.2) is 6.04 Å². The third-order valence-corrected chi connectivity index (χ3v) is 4.00. The van der Waals surface area contributed by atoms with Crippen LogP contribution in [0.25, 0.3) is 0 Å². The summed E-state index contributed by atoms with van der Waals surface area (Å²) in [4.78, 5) is 0. The van der Waals surface area contributed by atoms with Crippen molar-refractivity contribution in [2.45, 2.75) is 25.4 Å². The van der Waals surface area contributed by atoms with E-state index in [9.17, 15) is 0 Å². The summed E-state index contributed by atoms with van der Waals surface area (Å²) in [6, 6.07) is 11.1. The Balaban J connectivity index is 1.61. The van der Waals surface area contributed by atoms with Crippen LogP contribution in [0.3, 0.4) is 0 Å². The van der Waals surface area contributed by atoms with Gasteiger partial charge in [0.25, 0.3) is 0 Å². The Labute approximate surface area is 109 Å². The molecule has 1 N–H and O–H groups in total. The first-order valence-corrected chi connectivity index (χ1v) is 6.64. The van der Waals surface area contributed by atoms with E-state index in [1.54, 1.807) is 6.26 Å². The molecule has 1 heterocycles. The summed E-state index contributed by atoms with van der Waals surface area (Å²) in [5, 5.41) is 3.55. The van der Waals surface area contributed by atoms with Crippen LogP contribution in [0.4, 0.5) is 0 Å². The number of benzene rings is 1. The summed E-state index contributed by atoms with van der Waals surface area (Å²) in [5.74, 6) is 0.973. The lowest BCUT2D eigenvalue weighted by molar-refractivity contribution is 0.447. The van der Waals surface area contributed by atoms with Gasteiger partial charge in [0.1, 0.15) is 5.76 Å². The van der Waals surface area contributed by atoms with Crippen molar-refractivity contribution < 1.29 is 4.42 Å². The highest BCUT2D eigenvalue weighted by atomic mass is 79.9. The molecule has 0 fully saturated rings. The Hall–Kier alpha value is -1.06. The van der Waals surface area contributed by atoms with Gasteiger partial charge in [-0.2, -0.15) is 0 Å². The molecule has 2 aromatic rings. The molecule has 0 atom stereocenters. The summed E-state index contributed by atoms with van der Waals surface area (Å²) in [5.41, 5.74) is 2.95. The third kappa shape index (κ3) is 2.31. The number of nitrogens with one attached hydrogen (secondary N) is 1. The second-order valence-corrected chi connectivity index (χ2v) is 5.30. The topological polar surface area (TPSA) is 25.2 Å². The number of furan rings is 1. The van der Waals surface area contributed by atoms with Gasteiger partial charge in [0.2, 0.25) is 0 Å². The lowest BCUT2D eigenvalue weighted by atomic mass is 10.1. The molecule has 0 aliphatic heterocycles. The van der Waals surface area contributed by atoms with Gasteiger partial charge in [0, 0.05) is 6.04 Å². The van der Waals surface area contributed by atoms with Gasteiger partial charge < -0.3 is 9.73 Å². The van der Waals surface area contributed by atoms with Crippen molar-refractivity contribution in [3.05, 3.63) is 58.0 Å². The van der Waals surface area contributed by atoms with E-state index in [1.807, 2.05) is 6.07 Å². The molecule has 0 unspecified atom stereocenters. The summed E-state index contributed by atoms with van der Waals surface area (Å²) in [7, 11) is 0. The molecular formula is C14H14BrNO. The zero-order valence-electron chi connectivity index (χ0n) is 9.45. The van der Waals surface area contributed by atoms with E-state index in [2.05, 4.69) is 45.5 Å². The van der Waals surface area contributed by atoms with E-state index in [4.69, 9.17) is 4.42 Å². The molecule has 3 rings (SSSR count). The normalized spacial score (nSPS) is 15.1. The van der Waals surface area contributed by atoms with Crippen LogP contribution in [0.15, 0.2) is 45.5 Å². The summed E-state index contributed by atoms with van der Waals surface area (Å²) in [6.07, 6.45) is 3.95. The molecular weight excluding hydrogens is 278 g/mol. The van der Waals surface area contributed by atoms with Crippen LogP contribution in [0.1, 0.15) is 16.9 Å². The summed E-state index contributed by atoms with van der Waals surface area (Å²) >= 11 is 3.47. The van der Waals surface area contributed by atoms with Crippen LogP contribution in [0, 0.1) is 0 Å². The Morgan fingerprint density at radius 2 is 1.88 bits per heavy atom. The Bertz CT molecular complexity index is 495. The van der Waals surface area contributed by atoms with E-state index in [1.165, 1.54) is 11.1 Å². The van der Waals surface area contributed by atoms with Gasteiger partial charge in [-0.1, -0.05) is 24.3 Å². The molecule has 88 valence electrons. The third-order valence-electron chi connectivity index (χ3n) is 3.29. The van der Waals surface area contributed by atoms with Gasteiger partial charge in [-0.25, -0.2) is 0 Å². The van der Waals surface area contributed by atoms with Crippen molar-refractivity contribution in [2.24, 2.45) is 0 Å². The monoisotopic (exact) mass is 291 g/mol. The minimum absolute atomic E-state index is 0.532. The fourth-order valence-electron chi connectivity index (χ4n) is 2.39. The molecule has 1 aromatic carbocycles. The van der Waals surface area contributed by atoms with Crippen molar-refractivity contribution in [1.29, 1.82) is 0 Å². The first kappa shape index (κ1) is 11.1. The highest BCUT2D eigenvalue weighted by Crippen LogP contribution is 2.23. The second kappa shape index (κ2) is 4.67. The van der Waals surface area contributed by atoms with Gasteiger partial charge in [-0.05, 0) is 46.0 Å². The van der Waals surface area contributed by atoms with Crippen LogP contribution < -0.4 is 5.32 Å². The molecule has 17 heavy (non-hydrogen) atoms. The lowest BCUT2D eigenvalue weighted by Crippen LogP contribution is -2.28. The Morgan fingerprint density at radius 1 is 1.18 bits per heavy atom. The quantitative estimate of drug-likeness (QED) is 0.939. The maximum absolute atomic E-state index is 5.39. The van der Waals surface area contributed by atoms with E-state index in [-0.39, 0.29) is 0 Å². The standard InChI is InChI=1S/C14H14BrNO/c15-13-5-6-17-14(13)9-16-12-7-10-3-1-2-4-11(10)8-12/h1-6,12,16H,7-9H2. The first-order chi connectivity index (χ1) is 8.33. The van der Waals surface area contributed by atoms with Crippen molar-refractivity contribution in [2.75, 3.05) is 0 Å². The average Bonchev–Trinajstić information content (AvgIpc) is 2.92. The smallest absolute Gasteiger partial charge is 0.131 e. The Morgan fingerprint density at radius 3 is 2.47 bits per heavy atom. The lowest BCUT2D eigenvalue weighted by Gasteiger charge is -2.10. The maximum Gasteiger partial charge on any atom is 0.131 e. The molecule has 0 saturated heterocycles. The number of hydrogen-bond donors (Lipinski definition) is 1. The second-order valence-electron chi connectivity index (χ2n) is 4.45. The number of hydrogen-bond acceptors (Lipinski definition) is 2. The molecule has 0 radical (unpaired) electrons. The van der Waals surface area contributed by atoms with Gasteiger partial charge in [-0.15, -0.1) is 0 Å². The molecule has 1 aromatic heterocycles. The van der Waals surface area contributed by atoms with Crippen molar-refractivity contribution in [3.8, 4) is 0 Å². The van der Waals surface area contributed by atoms with Crippen LogP contribution >= 0.6 is 15.9 Å². The summed E-state index contributed by atoms with van der Waals surface area (Å²) < 4.78 is 6.43. The first-order valence-electron chi connectivity index (χ1n) is 5.85. The van der Waals surface area contributed by atoms with Gasteiger partial charge in [-0.3, -0.25) is 0 Å². The van der Waals surface area contributed by atoms with E-state index in [0.717, 1.165) is 29.6 Å². The summed E-state index contributed by atoms with van der Waals surface area (Å²) in [6.45, 7) is 0.784. The molecule has 0 amide bonds. The highest BCUT2D eigenvalue weighted by Gasteiger charge is 2.20. The van der Waals surface area contributed by atoms with Crippen molar-refractivity contribution >= 4 is 15.9 Å². The number of rotatable bonds is 3. The van der Waals surface area contributed by atoms with Crippen LogP contribution in [-0.2, 0) is 19.4 Å². The zero-order valence-corrected chi connectivity index (χ0v) is 11.0. The van der Waals surface area contributed by atoms with E-state index < -0.39 is 0 Å². The molecule has 1 aliphatic carbocycles. The molecule has 3 heteroatoms. The van der Waals surface area contributed by atoms with E-state index in [0.29, 0.717) is 6.04 Å². The SMILES string of the molecule is Brc1ccoc1CNC1Cc2ccccc2C1. The molecule has 0 spiro atoms. The average molecular weight is 292 g/mol. The van der Waals surface area contributed by atoms with E-state index >= 15 is 0 Å². The zero-order chi connectivity index (χ0) is 11.7. The predicted molar refractivity (Wildman–Crippen MR) is 70.9 cm³/mol. The number of halogens is 1. The maximum atomic E-state index is 5.39. The highest BCUT2D eigenvalue weighted by molar-refractivity contribution is 9.10. The van der Waals surface area contributed by atoms with Crippen LogP contribution in [0.5, 0.6) is 0 Å². The largest absolute Gasteiger partial charge is 0.467 e.